The summed E-state index contributed by atoms with van der Waals surface area (Å²) in [6.07, 6.45) is 2.13. The van der Waals surface area contributed by atoms with Gasteiger partial charge in [-0.05, 0) is 53.3 Å². The van der Waals surface area contributed by atoms with E-state index < -0.39 is 0 Å². The summed E-state index contributed by atoms with van der Waals surface area (Å²) in [6, 6.07) is 9.21. The van der Waals surface area contributed by atoms with Crippen LogP contribution in [0, 0.1) is 6.92 Å². The van der Waals surface area contributed by atoms with Crippen molar-refractivity contribution in [3.05, 3.63) is 35.4 Å². The van der Waals surface area contributed by atoms with Crippen molar-refractivity contribution in [2.75, 3.05) is 14.1 Å². The zero-order valence-corrected chi connectivity index (χ0v) is 11.8. The normalized spacial score (nSPS) is 14.1. The predicted octanol–water partition coefficient (Wildman–Crippen LogP) is 3.12. The lowest BCUT2D eigenvalue weighted by Crippen LogP contribution is -2.33. The number of hydrogen-bond acceptors (Lipinski definition) is 2. The third-order valence-electron chi connectivity index (χ3n) is 3.11. The van der Waals surface area contributed by atoms with Gasteiger partial charge in [-0.2, -0.15) is 0 Å². The van der Waals surface area contributed by atoms with Gasteiger partial charge in [0.1, 0.15) is 0 Å². The van der Waals surface area contributed by atoms with Crippen molar-refractivity contribution in [3.8, 4) is 0 Å². The zero-order chi connectivity index (χ0) is 13.1. The van der Waals surface area contributed by atoms with Gasteiger partial charge in [-0.3, -0.25) is 0 Å². The largest absolute Gasteiger partial charge is 0.326 e. The minimum absolute atomic E-state index is 0.0852. The molecule has 2 N–H and O–H groups in total. The molecule has 0 spiro atoms. The molecule has 2 heteroatoms. The van der Waals surface area contributed by atoms with Gasteiger partial charge in [0.25, 0.3) is 0 Å². The van der Waals surface area contributed by atoms with Crippen molar-refractivity contribution in [1.82, 2.24) is 4.90 Å². The van der Waals surface area contributed by atoms with Gasteiger partial charge in [0.15, 0.2) is 0 Å². The Bertz CT molecular complexity index is 350. The average molecular weight is 234 g/mol. The second kappa shape index (κ2) is 5.65. The molecule has 1 aromatic carbocycles. The SMILES string of the molecule is Cc1cccc(C(CCC(C)(C)N)N(C)C)c1. The van der Waals surface area contributed by atoms with Crippen LogP contribution >= 0.6 is 0 Å². The number of hydrogen-bond donors (Lipinski definition) is 1. The van der Waals surface area contributed by atoms with Crippen LogP contribution in [0.1, 0.15) is 43.9 Å². The predicted molar refractivity (Wildman–Crippen MR) is 75.1 cm³/mol. The van der Waals surface area contributed by atoms with Crippen LogP contribution in [0.3, 0.4) is 0 Å². The van der Waals surface area contributed by atoms with E-state index >= 15 is 0 Å². The van der Waals surface area contributed by atoms with Crippen molar-refractivity contribution in [2.45, 2.75) is 45.2 Å². The first-order chi connectivity index (χ1) is 7.79. The molecule has 1 atom stereocenters. The van der Waals surface area contributed by atoms with Crippen molar-refractivity contribution < 1.29 is 0 Å². The number of nitrogens with zero attached hydrogens (tertiary/aromatic N) is 1. The Morgan fingerprint density at radius 3 is 2.41 bits per heavy atom. The summed E-state index contributed by atoms with van der Waals surface area (Å²) < 4.78 is 0. The second-order valence-electron chi connectivity index (χ2n) is 5.92. The van der Waals surface area contributed by atoms with Gasteiger partial charge in [-0.25, -0.2) is 0 Å². The fraction of sp³-hybridized carbons (Fsp3) is 0.600. The maximum Gasteiger partial charge on any atom is 0.0342 e. The molecule has 0 aliphatic carbocycles. The molecule has 0 amide bonds. The van der Waals surface area contributed by atoms with Crippen LogP contribution in [0.2, 0.25) is 0 Å². The van der Waals surface area contributed by atoms with E-state index in [1.807, 2.05) is 0 Å². The van der Waals surface area contributed by atoms with Gasteiger partial charge in [-0.15, -0.1) is 0 Å². The summed E-state index contributed by atoms with van der Waals surface area (Å²) >= 11 is 0. The van der Waals surface area contributed by atoms with E-state index in [1.54, 1.807) is 0 Å². The van der Waals surface area contributed by atoms with E-state index in [-0.39, 0.29) is 5.54 Å². The minimum Gasteiger partial charge on any atom is -0.326 e. The highest BCUT2D eigenvalue weighted by Crippen LogP contribution is 2.26. The Balaban J connectivity index is 2.79. The molecule has 0 radical (unpaired) electrons. The van der Waals surface area contributed by atoms with Crippen LogP contribution in [-0.4, -0.2) is 24.5 Å². The van der Waals surface area contributed by atoms with E-state index in [2.05, 4.69) is 64.0 Å². The number of rotatable bonds is 5. The molecule has 1 unspecified atom stereocenters. The van der Waals surface area contributed by atoms with Gasteiger partial charge in [0, 0.05) is 11.6 Å². The van der Waals surface area contributed by atoms with Crippen LogP contribution in [0.4, 0.5) is 0 Å². The first kappa shape index (κ1) is 14.2. The van der Waals surface area contributed by atoms with Crippen molar-refractivity contribution in [3.63, 3.8) is 0 Å². The smallest absolute Gasteiger partial charge is 0.0342 e. The molecular formula is C15H26N2. The van der Waals surface area contributed by atoms with E-state index in [0.29, 0.717) is 6.04 Å². The summed E-state index contributed by atoms with van der Waals surface area (Å²) in [5.74, 6) is 0. The third kappa shape index (κ3) is 4.88. The Morgan fingerprint density at radius 2 is 1.94 bits per heavy atom. The molecule has 0 aliphatic rings. The summed E-state index contributed by atoms with van der Waals surface area (Å²) in [4.78, 5) is 2.28. The lowest BCUT2D eigenvalue weighted by atomic mass is 9.92. The maximum absolute atomic E-state index is 6.07. The van der Waals surface area contributed by atoms with Crippen LogP contribution in [0.15, 0.2) is 24.3 Å². The molecule has 0 bridgehead atoms. The topological polar surface area (TPSA) is 29.3 Å². The first-order valence-corrected chi connectivity index (χ1v) is 6.31. The van der Waals surface area contributed by atoms with Crippen LogP contribution in [0.25, 0.3) is 0 Å². The van der Waals surface area contributed by atoms with E-state index in [4.69, 9.17) is 5.73 Å². The van der Waals surface area contributed by atoms with Crippen molar-refractivity contribution in [2.24, 2.45) is 5.73 Å². The molecule has 0 aliphatic heterocycles. The van der Waals surface area contributed by atoms with Gasteiger partial charge in [-0.1, -0.05) is 29.8 Å². The lowest BCUT2D eigenvalue weighted by Gasteiger charge is -2.28. The van der Waals surface area contributed by atoms with Gasteiger partial charge in [0.2, 0.25) is 0 Å². The highest BCUT2D eigenvalue weighted by Gasteiger charge is 2.18. The first-order valence-electron chi connectivity index (χ1n) is 6.31. The van der Waals surface area contributed by atoms with Crippen LogP contribution in [0.5, 0.6) is 0 Å². The molecule has 2 nitrogen and oxygen atoms in total. The highest BCUT2D eigenvalue weighted by atomic mass is 15.1. The molecule has 0 heterocycles. The molecule has 17 heavy (non-hydrogen) atoms. The standard InChI is InChI=1S/C15H26N2/c1-12-7-6-8-13(11-12)14(17(4)5)9-10-15(2,3)16/h6-8,11,14H,9-10,16H2,1-5H3. The summed E-state index contributed by atoms with van der Waals surface area (Å²) in [6.45, 7) is 6.33. The van der Waals surface area contributed by atoms with E-state index in [1.165, 1.54) is 11.1 Å². The number of benzene rings is 1. The zero-order valence-electron chi connectivity index (χ0n) is 11.8. The molecule has 96 valence electrons. The van der Waals surface area contributed by atoms with Crippen molar-refractivity contribution >= 4 is 0 Å². The summed E-state index contributed by atoms with van der Waals surface area (Å²) in [7, 11) is 4.27. The second-order valence-corrected chi connectivity index (χ2v) is 5.92. The van der Waals surface area contributed by atoms with E-state index in [0.717, 1.165) is 12.8 Å². The Kier molecular flexibility index (Phi) is 4.72. The van der Waals surface area contributed by atoms with Crippen LogP contribution in [-0.2, 0) is 0 Å². The quantitative estimate of drug-likeness (QED) is 0.848. The monoisotopic (exact) mass is 234 g/mol. The molecule has 0 fully saturated rings. The fourth-order valence-electron chi connectivity index (χ4n) is 2.11. The maximum atomic E-state index is 6.07. The van der Waals surface area contributed by atoms with E-state index in [9.17, 15) is 0 Å². The lowest BCUT2D eigenvalue weighted by molar-refractivity contribution is 0.261. The molecule has 1 rings (SSSR count). The number of aryl methyl sites for hydroxylation is 1. The van der Waals surface area contributed by atoms with Gasteiger partial charge in [0.05, 0.1) is 0 Å². The Morgan fingerprint density at radius 1 is 1.29 bits per heavy atom. The van der Waals surface area contributed by atoms with Gasteiger partial charge < -0.3 is 10.6 Å². The van der Waals surface area contributed by atoms with Crippen molar-refractivity contribution in [1.29, 1.82) is 0 Å². The molecular weight excluding hydrogens is 208 g/mol. The minimum atomic E-state index is -0.0852. The molecule has 0 saturated carbocycles. The third-order valence-corrected chi connectivity index (χ3v) is 3.11. The van der Waals surface area contributed by atoms with Gasteiger partial charge >= 0.3 is 0 Å². The summed E-state index contributed by atoms with van der Waals surface area (Å²) in [5, 5.41) is 0. The van der Waals surface area contributed by atoms with Crippen LogP contribution < -0.4 is 5.73 Å². The average Bonchev–Trinajstić information content (AvgIpc) is 2.15. The molecule has 1 aromatic rings. The molecule has 0 saturated heterocycles. The Labute approximate surface area is 106 Å². The molecule has 0 aromatic heterocycles. The fourth-order valence-corrected chi connectivity index (χ4v) is 2.11. The number of nitrogens with two attached hydrogens (primary N) is 1. The summed E-state index contributed by atoms with van der Waals surface area (Å²) in [5.41, 5.74) is 8.70. The Hall–Kier alpha value is -0.860. The highest BCUT2D eigenvalue weighted by molar-refractivity contribution is 5.25.